The number of amides is 2. The second-order valence-corrected chi connectivity index (χ2v) is 8.32. The fraction of sp³-hybridized carbons (Fsp3) is 0.842. The quantitative estimate of drug-likeness (QED) is 0.355. The number of aliphatic imine (C=N–C) groups is 1. The van der Waals surface area contributed by atoms with Crippen LogP contribution in [-0.4, -0.2) is 72.5 Å². The van der Waals surface area contributed by atoms with E-state index in [0.717, 1.165) is 0 Å². The van der Waals surface area contributed by atoms with Gasteiger partial charge in [-0.05, 0) is 48.5 Å². The molecule has 1 fully saturated rings. The Labute approximate surface area is 168 Å². The van der Waals surface area contributed by atoms with E-state index in [1.165, 1.54) is 6.92 Å². The molecular formula is C19H37N5O4. The first-order valence-corrected chi connectivity index (χ1v) is 9.84. The average Bonchev–Trinajstić information content (AvgIpc) is 2.75. The van der Waals surface area contributed by atoms with Gasteiger partial charge in [0.2, 0.25) is 5.91 Å². The van der Waals surface area contributed by atoms with Gasteiger partial charge in [0.1, 0.15) is 11.3 Å². The lowest BCUT2D eigenvalue weighted by Crippen LogP contribution is -2.51. The van der Waals surface area contributed by atoms with Gasteiger partial charge in [0.25, 0.3) is 0 Å². The maximum Gasteiger partial charge on any atom is 0.412 e. The van der Waals surface area contributed by atoms with Gasteiger partial charge in [-0.3, -0.25) is 14.7 Å². The summed E-state index contributed by atoms with van der Waals surface area (Å²) in [6.07, 6.45) is -0.598. The number of carbonyl (C=O) groups is 2. The molecule has 3 N–H and O–H groups in total. The van der Waals surface area contributed by atoms with Crippen LogP contribution >= 0.6 is 0 Å². The third-order valence-electron chi connectivity index (χ3n) is 4.09. The predicted octanol–water partition coefficient (Wildman–Crippen LogP) is 1.44. The molecule has 2 atom stereocenters. The van der Waals surface area contributed by atoms with Crippen molar-refractivity contribution in [3.05, 3.63) is 0 Å². The number of rotatable bonds is 6. The largest absolute Gasteiger partial charge is 0.444 e. The van der Waals surface area contributed by atoms with Gasteiger partial charge in [-0.15, -0.1) is 0 Å². The van der Waals surface area contributed by atoms with Crippen molar-refractivity contribution in [3.63, 3.8) is 0 Å². The number of ether oxygens (including phenoxy) is 2. The number of hydrogen-bond acceptors (Lipinski definition) is 5. The third kappa shape index (κ3) is 7.53. The molecule has 1 saturated heterocycles. The highest BCUT2D eigenvalue weighted by Crippen LogP contribution is 2.33. The fourth-order valence-corrected chi connectivity index (χ4v) is 3.04. The lowest BCUT2D eigenvalue weighted by molar-refractivity contribution is -0.118. The van der Waals surface area contributed by atoms with Crippen molar-refractivity contribution in [2.24, 2.45) is 4.99 Å². The molecule has 28 heavy (non-hydrogen) atoms. The Balaban J connectivity index is 2.85. The highest BCUT2D eigenvalue weighted by Gasteiger charge is 2.49. The van der Waals surface area contributed by atoms with Crippen LogP contribution in [0, 0.1) is 0 Å². The number of guanidine groups is 1. The summed E-state index contributed by atoms with van der Waals surface area (Å²) in [5.41, 5.74) is -1.37. The minimum atomic E-state index is -0.779. The fourth-order valence-electron chi connectivity index (χ4n) is 3.04. The summed E-state index contributed by atoms with van der Waals surface area (Å²) >= 11 is 0. The summed E-state index contributed by atoms with van der Waals surface area (Å²) in [6.45, 7) is 16.7. The molecule has 2 unspecified atom stereocenters. The zero-order valence-electron chi connectivity index (χ0n) is 18.5. The van der Waals surface area contributed by atoms with E-state index in [1.54, 1.807) is 4.90 Å². The molecule has 0 aromatic heterocycles. The first kappa shape index (κ1) is 24.0. The van der Waals surface area contributed by atoms with Gasteiger partial charge in [0.05, 0.1) is 18.7 Å². The van der Waals surface area contributed by atoms with E-state index in [-0.39, 0.29) is 18.1 Å². The van der Waals surface area contributed by atoms with Crippen molar-refractivity contribution >= 4 is 18.0 Å². The van der Waals surface area contributed by atoms with E-state index in [0.29, 0.717) is 32.1 Å². The van der Waals surface area contributed by atoms with E-state index in [1.807, 2.05) is 48.5 Å². The van der Waals surface area contributed by atoms with Crippen LogP contribution in [0.3, 0.4) is 0 Å². The van der Waals surface area contributed by atoms with Gasteiger partial charge >= 0.3 is 6.09 Å². The zero-order chi connectivity index (χ0) is 21.5. The van der Waals surface area contributed by atoms with Crippen LogP contribution in [0.5, 0.6) is 0 Å². The molecule has 1 rings (SSSR count). The van der Waals surface area contributed by atoms with Crippen molar-refractivity contribution in [3.8, 4) is 0 Å². The summed E-state index contributed by atoms with van der Waals surface area (Å²) in [4.78, 5) is 30.0. The first-order valence-electron chi connectivity index (χ1n) is 9.84. The second-order valence-electron chi connectivity index (χ2n) is 8.32. The first-order chi connectivity index (χ1) is 12.9. The maximum atomic E-state index is 12.8. The molecule has 162 valence electrons. The normalized spacial score (nSPS) is 22.0. The van der Waals surface area contributed by atoms with Gasteiger partial charge in [0.15, 0.2) is 5.96 Å². The van der Waals surface area contributed by atoms with Crippen LogP contribution in [0.15, 0.2) is 4.99 Å². The molecule has 0 radical (unpaired) electrons. The second kappa shape index (κ2) is 9.95. The molecule has 0 spiro atoms. The summed E-state index contributed by atoms with van der Waals surface area (Å²) in [6, 6.07) is -0.254. The lowest BCUT2D eigenvalue weighted by atomic mass is 10.1. The van der Waals surface area contributed by atoms with Gasteiger partial charge < -0.3 is 25.4 Å². The Hall–Kier alpha value is -2.03. The molecule has 1 aliphatic heterocycles. The molecule has 1 heterocycles. The van der Waals surface area contributed by atoms with Crippen molar-refractivity contribution < 1.29 is 19.1 Å². The van der Waals surface area contributed by atoms with E-state index in [2.05, 4.69) is 20.9 Å². The van der Waals surface area contributed by atoms with Gasteiger partial charge in [-0.25, -0.2) is 4.79 Å². The van der Waals surface area contributed by atoms with Crippen molar-refractivity contribution in [2.75, 3.05) is 26.2 Å². The Morgan fingerprint density at radius 2 is 1.79 bits per heavy atom. The monoisotopic (exact) mass is 399 g/mol. The molecular weight excluding hydrogens is 362 g/mol. The molecule has 0 aliphatic carbocycles. The predicted molar refractivity (Wildman–Crippen MR) is 109 cm³/mol. The molecule has 9 heteroatoms. The topological polar surface area (TPSA) is 104 Å². The number of hydrogen-bond donors (Lipinski definition) is 3. The van der Waals surface area contributed by atoms with Crippen LogP contribution < -0.4 is 16.0 Å². The van der Waals surface area contributed by atoms with Crippen LogP contribution in [0.25, 0.3) is 0 Å². The maximum absolute atomic E-state index is 12.8. The summed E-state index contributed by atoms with van der Waals surface area (Å²) in [5, 5.41) is 9.06. The number of carbonyl (C=O) groups excluding carboxylic acids is 2. The molecule has 0 saturated carbocycles. The van der Waals surface area contributed by atoms with E-state index < -0.39 is 17.4 Å². The van der Waals surface area contributed by atoms with E-state index in [4.69, 9.17) is 9.47 Å². The number of nitrogens with one attached hydrogen (secondary N) is 3. The van der Waals surface area contributed by atoms with Crippen LogP contribution in [0.4, 0.5) is 4.79 Å². The molecule has 9 nitrogen and oxygen atoms in total. The summed E-state index contributed by atoms with van der Waals surface area (Å²) in [7, 11) is 0. The van der Waals surface area contributed by atoms with Gasteiger partial charge in [-0.2, -0.15) is 0 Å². The molecule has 2 amide bonds. The number of nitrogens with zero attached hydrogens (tertiary/aromatic N) is 2. The minimum Gasteiger partial charge on any atom is -0.444 e. The highest BCUT2D eigenvalue weighted by molar-refractivity contribution is 5.80. The molecule has 0 bridgehead atoms. The summed E-state index contributed by atoms with van der Waals surface area (Å²) < 4.78 is 11.6. The Morgan fingerprint density at radius 1 is 1.18 bits per heavy atom. The van der Waals surface area contributed by atoms with E-state index in [9.17, 15) is 9.59 Å². The van der Waals surface area contributed by atoms with E-state index >= 15 is 0 Å². The zero-order valence-corrected chi connectivity index (χ0v) is 18.5. The lowest BCUT2D eigenvalue weighted by Gasteiger charge is -2.34. The Morgan fingerprint density at radius 3 is 2.32 bits per heavy atom. The standard InChI is InChI=1S/C19H37N5O4/c1-9-20-16(22-11-10-21-14(3)25)23-12-15-13(2)27-19(7,8)24(15)17(26)28-18(4,5)6/h13,15H,9-12H2,1-8H3,(H,21,25)(H2,20,22,23). The molecule has 0 aromatic carbocycles. The van der Waals surface area contributed by atoms with Crippen molar-refractivity contribution in [1.82, 2.24) is 20.9 Å². The Kier molecular flexibility index (Phi) is 8.53. The molecule has 1 aliphatic rings. The van der Waals surface area contributed by atoms with Crippen molar-refractivity contribution in [2.45, 2.75) is 78.9 Å². The average molecular weight is 400 g/mol. The van der Waals surface area contributed by atoms with Gasteiger partial charge in [0, 0.05) is 26.6 Å². The van der Waals surface area contributed by atoms with Crippen LogP contribution in [0.1, 0.15) is 55.4 Å². The smallest absolute Gasteiger partial charge is 0.412 e. The third-order valence-corrected chi connectivity index (χ3v) is 4.09. The summed E-state index contributed by atoms with van der Waals surface area (Å²) in [5.74, 6) is 0.546. The van der Waals surface area contributed by atoms with Gasteiger partial charge in [-0.1, -0.05) is 0 Å². The van der Waals surface area contributed by atoms with Crippen LogP contribution in [-0.2, 0) is 14.3 Å². The van der Waals surface area contributed by atoms with Crippen LogP contribution in [0.2, 0.25) is 0 Å². The Bertz CT molecular complexity index is 571. The minimum absolute atomic E-state index is 0.0732. The van der Waals surface area contributed by atoms with Crippen molar-refractivity contribution in [1.29, 1.82) is 0 Å². The SMILES string of the molecule is CCNC(=NCC1C(C)OC(C)(C)N1C(=O)OC(C)(C)C)NCCNC(C)=O. The highest BCUT2D eigenvalue weighted by atomic mass is 16.6. The molecule has 0 aromatic rings.